The molecule has 6 heteroatoms. The van der Waals surface area contributed by atoms with Gasteiger partial charge >= 0.3 is 0 Å². The molecule has 0 saturated heterocycles. The zero-order chi connectivity index (χ0) is 15.5. The number of anilines is 1. The van der Waals surface area contributed by atoms with E-state index in [4.69, 9.17) is 5.73 Å². The van der Waals surface area contributed by atoms with Crippen molar-refractivity contribution in [2.24, 2.45) is 5.92 Å². The number of benzene rings is 1. The third kappa shape index (κ3) is 4.30. The highest BCUT2D eigenvalue weighted by molar-refractivity contribution is 7.88. The Bertz CT molecular complexity index is 679. The number of nitrogens with one attached hydrogen (secondary N) is 1. The molecule has 1 unspecified atom stereocenters. The molecule has 0 aliphatic rings. The highest BCUT2D eigenvalue weighted by atomic mass is 32.2. The van der Waals surface area contributed by atoms with Crippen LogP contribution in [0.4, 0.5) is 5.69 Å². The van der Waals surface area contributed by atoms with Crippen LogP contribution >= 0.6 is 11.3 Å². The molecule has 114 valence electrons. The molecule has 2 aromatic rings. The summed E-state index contributed by atoms with van der Waals surface area (Å²) in [6.07, 6.45) is 0. The Morgan fingerprint density at radius 3 is 2.48 bits per heavy atom. The van der Waals surface area contributed by atoms with Gasteiger partial charge in [0.15, 0.2) is 0 Å². The molecule has 0 spiro atoms. The van der Waals surface area contributed by atoms with Gasteiger partial charge in [-0.15, -0.1) is 11.3 Å². The molecule has 3 N–H and O–H groups in total. The minimum absolute atomic E-state index is 0.103. The van der Waals surface area contributed by atoms with Gasteiger partial charge in [0.2, 0.25) is 10.0 Å². The van der Waals surface area contributed by atoms with Gasteiger partial charge in [0, 0.05) is 10.6 Å². The van der Waals surface area contributed by atoms with Gasteiger partial charge < -0.3 is 5.73 Å². The number of thiophene rings is 1. The third-order valence-electron chi connectivity index (χ3n) is 3.22. The average Bonchev–Trinajstić information content (AvgIpc) is 2.92. The minimum Gasteiger partial charge on any atom is -0.398 e. The number of nitrogen functional groups attached to an aromatic ring is 1. The normalized spacial score (nSPS) is 13.5. The molecule has 0 aliphatic carbocycles. The van der Waals surface area contributed by atoms with Crippen molar-refractivity contribution < 1.29 is 8.42 Å². The number of rotatable bonds is 6. The standard InChI is InChI=1S/C15H20N2O2S2/c1-11(2)15(14-8-5-9-20-14)17-21(18,19)10-12-6-3-4-7-13(12)16/h3-9,11,15,17H,10,16H2,1-2H3. The van der Waals surface area contributed by atoms with E-state index in [0.29, 0.717) is 11.3 Å². The van der Waals surface area contributed by atoms with E-state index >= 15 is 0 Å². The lowest BCUT2D eigenvalue weighted by molar-refractivity contribution is 0.468. The zero-order valence-electron chi connectivity index (χ0n) is 12.1. The molecule has 0 saturated carbocycles. The Balaban J connectivity index is 2.18. The molecule has 0 radical (unpaired) electrons. The first-order valence-electron chi connectivity index (χ1n) is 6.76. The van der Waals surface area contributed by atoms with Crippen LogP contribution in [0.15, 0.2) is 41.8 Å². The van der Waals surface area contributed by atoms with E-state index in [1.807, 2.05) is 31.4 Å². The second-order valence-electron chi connectivity index (χ2n) is 5.31. The summed E-state index contributed by atoms with van der Waals surface area (Å²) in [6, 6.07) is 10.7. The van der Waals surface area contributed by atoms with Gasteiger partial charge in [-0.1, -0.05) is 38.1 Å². The highest BCUT2D eigenvalue weighted by Gasteiger charge is 2.23. The average molecular weight is 324 g/mol. The van der Waals surface area contributed by atoms with Crippen LogP contribution in [0.1, 0.15) is 30.3 Å². The predicted molar refractivity (Wildman–Crippen MR) is 88.5 cm³/mol. The van der Waals surface area contributed by atoms with Crippen molar-refractivity contribution >= 4 is 27.0 Å². The molecule has 21 heavy (non-hydrogen) atoms. The van der Waals surface area contributed by atoms with Crippen LogP contribution in [0.2, 0.25) is 0 Å². The van der Waals surface area contributed by atoms with Crippen molar-refractivity contribution in [3.63, 3.8) is 0 Å². The van der Waals surface area contributed by atoms with Gasteiger partial charge in [0.05, 0.1) is 11.8 Å². The fraction of sp³-hybridized carbons (Fsp3) is 0.333. The van der Waals surface area contributed by atoms with Gasteiger partial charge in [-0.25, -0.2) is 13.1 Å². The summed E-state index contributed by atoms with van der Waals surface area (Å²) in [5.74, 6) is 0.0698. The van der Waals surface area contributed by atoms with Crippen LogP contribution in [0.3, 0.4) is 0 Å². The molecule has 0 aliphatic heterocycles. The van der Waals surface area contributed by atoms with E-state index in [1.165, 1.54) is 0 Å². The molecular formula is C15H20N2O2S2. The summed E-state index contributed by atoms with van der Waals surface area (Å²) >= 11 is 1.56. The van der Waals surface area contributed by atoms with Gasteiger partial charge in [-0.05, 0) is 29.0 Å². The Hall–Kier alpha value is -1.37. The van der Waals surface area contributed by atoms with E-state index < -0.39 is 10.0 Å². The molecule has 4 nitrogen and oxygen atoms in total. The summed E-state index contributed by atoms with van der Waals surface area (Å²) in [7, 11) is -3.45. The molecule has 2 rings (SSSR count). The van der Waals surface area contributed by atoms with E-state index in [1.54, 1.807) is 35.6 Å². The van der Waals surface area contributed by atoms with Crippen LogP contribution in [-0.4, -0.2) is 8.42 Å². The zero-order valence-corrected chi connectivity index (χ0v) is 13.7. The van der Waals surface area contributed by atoms with Gasteiger partial charge in [0.25, 0.3) is 0 Å². The second kappa shape index (κ2) is 6.60. The largest absolute Gasteiger partial charge is 0.398 e. The van der Waals surface area contributed by atoms with Crippen LogP contribution < -0.4 is 10.5 Å². The smallest absolute Gasteiger partial charge is 0.216 e. The molecule has 1 aromatic heterocycles. The number of hydrogen-bond acceptors (Lipinski definition) is 4. The number of para-hydroxylation sites is 1. The molecule has 0 amide bonds. The Kier molecular flexibility index (Phi) is 5.03. The van der Waals surface area contributed by atoms with E-state index in [2.05, 4.69) is 4.72 Å². The lowest BCUT2D eigenvalue weighted by atomic mass is 10.0. The van der Waals surface area contributed by atoms with E-state index in [0.717, 1.165) is 4.88 Å². The topological polar surface area (TPSA) is 72.2 Å². The first kappa shape index (κ1) is 16.0. The molecule has 1 atom stereocenters. The maximum Gasteiger partial charge on any atom is 0.216 e. The first-order valence-corrected chi connectivity index (χ1v) is 9.29. The SMILES string of the molecule is CC(C)C(NS(=O)(=O)Cc1ccccc1N)c1cccs1. The summed E-state index contributed by atoms with van der Waals surface area (Å²) < 4.78 is 27.6. The van der Waals surface area contributed by atoms with Gasteiger partial charge in [-0.2, -0.15) is 0 Å². The first-order chi connectivity index (χ1) is 9.89. The van der Waals surface area contributed by atoms with Crippen LogP contribution in [0, 0.1) is 5.92 Å². The summed E-state index contributed by atoms with van der Waals surface area (Å²) in [5.41, 5.74) is 6.95. The fourth-order valence-electron chi connectivity index (χ4n) is 2.10. The van der Waals surface area contributed by atoms with Crippen molar-refractivity contribution in [2.75, 3.05) is 5.73 Å². The van der Waals surface area contributed by atoms with Crippen LogP contribution in [-0.2, 0) is 15.8 Å². The molecular weight excluding hydrogens is 304 g/mol. The van der Waals surface area contributed by atoms with Crippen molar-refractivity contribution in [1.82, 2.24) is 4.72 Å². The van der Waals surface area contributed by atoms with Crippen molar-refractivity contribution in [1.29, 1.82) is 0 Å². The Morgan fingerprint density at radius 2 is 1.90 bits per heavy atom. The van der Waals surface area contributed by atoms with Crippen molar-refractivity contribution in [2.45, 2.75) is 25.6 Å². The summed E-state index contributed by atoms with van der Waals surface area (Å²) in [6.45, 7) is 4.01. The monoisotopic (exact) mass is 324 g/mol. The predicted octanol–water partition coefficient (Wildman–Crippen LogP) is 3.15. The maximum absolute atomic E-state index is 12.4. The maximum atomic E-state index is 12.4. The Morgan fingerprint density at radius 1 is 1.19 bits per heavy atom. The van der Waals surface area contributed by atoms with E-state index in [9.17, 15) is 8.42 Å². The third-order valence-corrected chi connectivity index (χ3v) is 5.48. The number of hydrogen-bond donors (Lipinski definition) is 2. The number of sulfonamides is 1. The molecule has 1 aromatic carbocycles. The Labute approximate surface area is 130 Å². The highest BCUT2D eigenvalue weighted by Crippen LogP contribution is 2.27. The lowest BCUT2D eigenvalue weighted by Crippen LogP contribution is -2.32. The van der Waals surface area contributed by atoms with Gasteiger partial charge in [-0.3, -0.25) is 0 Å². The quantitative estimate of drug-likeness (QED) is 0.802. The van der Waals surface area contributed by atoms with Gasteiger partial charge in [0.1, 0.15) is 0 Å². The van der Waals surface area contributed by atoms with E-state index in [-0.39, 0.29) is 17.7 Å². The van der Waals surface area contributed by atoms with Crippen LogP contribution in [0.25, 0.3) is 0 Å². The molecule has 0 fully saturated rings. The lowest BCUT2D eigenvalue weighted by Gasteiger charge is -2.21. The summed E-state index contributed by atoms with van der Waals surface area (Å²) in [5, 5.41) is 1.95. The number of nitrogens with two attached hydrogens (primary N) is 1. The molecule has 0 bridgehead atoms. The fourth-order valence-corrected chi connectivity index (χ4v) is 4.66. The van der Waals surface area contributed by atoms with Crippen LogP contribution in [0.5, 0.6) is 0 Å². The minimum atomic E-state index is -3.45. The second-order valence-corrected chi connectivity index (χ2v) is 8.05. The molecule has 1 heterocycles. The van der Waals surface area contributed by atoms with Crippen molar-refractivity contribution in [3.05, 3.63) is 52.2 Å². The van der Waals surface area contributed by atoms with Crippen molar-refractivity contribution in [3.8, 4) is 0 Å². The summed E-state index contributed by atoms with van der Waals surface area (Å²) in [4.78, 5) is 1.02.